The zero-order valence-electron chi connectivity index (χ0n) is 18.7. The number of para-hydroxylation sites is 1. The van der Waals surface area contributed by atoms with Crippen molar-refractivity contribution in [2.75, 3.05) is 13.1 Å². The van der Waals surface area contributed by atoms with E-state index in [1.807, 2.05) is 44.2 Å². The summed E-state index contributed by atoms with van der Waals surface area (Å²) in [5.74, 6) is -0.162. The van der Waals surface area contributed by atoms with Crippen LogP contribution in [0.4, 0.5) is 0 Å². The first kappa shape index (κ1) is 22.7. The number of hydrogen-bond donors (Lipinski definition) is 4. The topological polar surface area (TPSA) is 113 Å². The number of nitrogens with one attached hydrogen (secondary N) is 3. The number of rotatable bonds is 7. The van der Waals surface area contributed by atoms with Gasteiger partial charge < -0.3 is 15.4 Å². The van der Waals surface area contributed by atoms with E-state index < -0.39 is 11.4 Å². The quantitative estimate of drug-likeness (QED) is 0.327. The van der Waals surface area contributed by atoms with Crippen molar-refractivity contribution in [2.24, 2.45) is 0 Å². The summed E-state index contributed by atoms with van der Waals surface area (Å²) in [5, 5.41) is 16.0. The molecule has 2 aromatic carbocycles. The zero-order chi connectivity index (χ0) is 23.4. The predicted molar refractivity (Wildman–Crippen MR) is 124 cm³/mol. The maximum atomic E-state index is 12.8. The molecule has 8 nitrogen and oxygen atoms in total. The molecule has 1 fully saturated rings. The van der Waals surface area contributed by atoms with Gasteiger partial charge in [-0.3, -0.25) is 19.8 Å². The molecular formula is C25H28N4O4. The second-order valence-corrected chi connectivity index (χ2v) is 8.53. The Morgan fingerprint density at radius 2 is 1.97 bits per heavy atom. The van der Waals surface area contributed by atoms with Crippen molar-refractivity contribution in [3.63, 3.8) is 0 Å². The Balaban J connectivity index is 1.46. The molecule has 1 aliphatic rings. The maximum absolute atomic E-state index is 12.8. The van der Waals surface area contributed by atoms with E-state index in [0.29, 0.717) is 30.8 Å². The first-order valence-electron chi connectivity index (χ1n) is 11.0. The van der Waals surface area contributed by atoms with Gasteiger partial charge in [-0.2, -0.15) is 0 Å². The van der Waals surface area contributed by atoms with Gasteiger partial charge in [0.15, 0.2) is 0 Å². The highest BCUT2D eigenvalue weighted by Gasteiger charge is 2.37. The molecule has 8 heteroatoms. The van der Waals surface area contributed by atoms with E-state index in [1.54, 1.807) is 29.7 Å². The van der Waals surface area contributed by atoms with E-state index >= 15 is 0 Å². The minimum Gasteiger partial charge on any atom is -0.486 e. The third kappa shape index (κ3) is 5.13. The smallest absolute Gasteiger partial charge is 0.251 e. The third-order valence-corrected chi connectivity index (χ3v) is 5.99. The predicted octanol–water partition coefficient (Wildman–Crippen LogP) is 3.04. The second-order valence-electron chi connectivity index (χ2n) is 8.53. The normalized spacial score (nSPS) is 18.6. The molecule has 2 heterocycles. The molecular weight excluding hydrogens is 420 g/mol. The fourth-order valence-corrected chi connectivity index (χ4v) is 4.33. The molecule has 3 aromatic rings. The van der Waals surface area contributed by atoms with Crippen molar-refractivity contribution in [1.29, 1.82) is 0 Å². The lowest BCUT2D eigenvalue weighted by Crippen LogP contribution is -2.52. The molecule has 1 saturated heterocycles. The highest BCUT2D eigenvalue weighted by molar-refractivity contribution is 5.95. The Labute approximate surface area is 192 Å². The van der Waals surface area contributed by atoms with E-state index in [2.05, 4.69) is 15.6 Å². The Bertz CT molecular complexity index is 1160. The van der Waals surface area contributed by atoms with Gasteiger partial charge in [-0.05, 0) is 63.2 Å². The summed E-state index contributed by atoms with van der Waals surface area (Å²) in [6, 6.07) is 17.0. The Morgan fingerprint density at radius 1 is 1.21 bits per heavy atom. The zero-order valence-corrected chi connectivity index (χ0v) is 18.7. The van der Waals surface area contributed by atoms with Crippen LogP contribution in [0.3, 0.4) is 0 Å². The Hall–Kier alpha value is -3.49. The highest BCUT2D eigenvalue weighted by atomic mass is 16.5. The summed E-state index contributed by atoms with van der Waals surface area (Å²) >= 11 is 0. The minimum absolute atomic E-state index is 0.000253. The number of benzene rings is 2. The number of hydrogen-bond acceptors (Lipinski definition) is 6. The van der Waals surface area contributed by atoms with Crippen LogP contribution in [-0.2, 0) is 4.79 Å². The SMILES string of the molecule is Cc1cc(C(C)Oc2ccc(C(=O)NC3(CC(=O)NO)CCNC3)cc2)c2ccccc2n1. The summed E-state index contributed by atoms with van der Waals surface area (Å²) in [4.78, 5) is 29.1. The van der Waals surface area contributed by atoms with Crippen LogP contribution < -0.4 is 20.9 Å². The van der Waals surface area contributed by atoms with Crippen molar-refractivity contribution in [1.82, 2.24) is 21.1 Å². The van der Waals surface area contributed by atoms with Crippen LogP contribution in [0.5, 0.6) is 5.75 Å². The molecule has 0 bridgehead atoms. The number of ether oxygens (including phenoxy) is 1. The van der Waals surface area contributed by atoms with Gasteiger partial charge in [0.25, 0.3) is 5.91 Å². The van der Waals surface area contributed by atoms with Crippen molar-refractivity contribution in [3.05, 3.63) is 71.4 Å². The molecule has 2 atom stereocenters. The van der Waals surface area contributed by atoms with Gasteiger partial charge in [-0.15, -0.1) is 0 Å². The fraction of sp³-hybridized carbons (Fsp3) is 0.320. The van der Waals surface area contributed by atoms with Crippen molar-refractivity contribution >= 4 is 22.7 Å². The molecule has 0 spiro atoms. The number of amides is 2. The minimum atomic E-state index is -0.728. The number of carbonyl (C=O) groups is 2. The standard InChI is InChI=1S/C25H28N4O4/c1-16-13-21(20-5-3-4-6-22(20)27-16)17(2)33-19-9-7-18(8-10-19)24(31)28-25(11-12-26-15-25)14-23(30)29-32/h3-10,13,17,26,32H,11-12,14-15H2,1-2H3,(H,28,31)(H,29,30). The Kier molecular flexibility index (Phi) is 6.57. The molecule has 33 heavy (non-hydrogen) atoms. The van der Waals surface area contributed by atoms with Crippen molar-refractivity contribution < 1.29 is 19.5 Å². The van der Waals surface area contributed by atoms with Gasteiger partial charge in [0, 0.05) is 28.8 Å². The van der Waals surface area contributed by atoms with Gasteiger partial charge in [-0.1, -0.05) is 18.2 Å². The second kappa shape index (κ2) is 9.56. The number of aryl methyl sites for hydroxylation is 1. The first-order chi connectivity index (χ1) is 15.9. The molecule has 1 aromatic heterocycles. The molecule has 172 valence electrons. The third-order valence-electron chi connectivity index (χ3n) is 5.99. The molecule has 0 saturated carbocycles. The van der Waals surface area contributed by atoms with Crippen LogP contribution >= 0.6 is 0 Å². The van der Waals surface area contributed by atoms with Gasteiger partial charge in [0.2, 0.25) is 5.91 Å². The lowest BCUT2D eigenvalue weighted by Gasteiger charge is -2.28. The van der Waals surface area contributed by atoms with Crippen LogP contribution in [0.1, 0.15) is 47.5 Å². The monoisotopic (exact) mass is 448 g/mol. The number of fused-ring (bicyclic) bond motifs is 1. The molecule has 1 aliphatic heterocycles. The largest absolute Gasteiger partial charge is 0.486 e. The van der Waals surface area contributed by atoms with Crippen LogP contribution in [0.25, 0.3) is 10.9 Å². The van der Waals surface area contributed by atoms with E-state index in [0.717, 1.165) is 22.2 Å². The lowest BCUT2D eigenvalue weighted by atomic mass is 9.93. The first-order valence-corrected chi connectivity index (χ1v) is 11.0. The number of carbonyl (C=O) groups excluding carboxylic acids is 2. The average Bonchev–Trinajstić information content (AvgIpc) is 3.26. The molecule has 2 unspecified atom stereocenters. The number of nitrogens with zero attached hydrogens (tertiary/aromatic N) is 1. The van der Waals surface area contributed by atoms with Gasteiger partial charge in [0.05, 0.1) is 17.5 Å². The number of hydroxylamine groups is 1. The maximum Gasteiger partial charge on any atom is 0.251 e. The van der Waals surface area contributed by atoms with E-state index in [-0.39, 0.29) is 18.4 Å². The summed E-state index contributed by atoms with van der Waals surface area (Å²) in [7, 11) is 0. The summed E-state index contributed by atoms with van der Waals surface area (Å²) in [6.45, 7) is 5.11. The Morgan fingerprint density at radius 3 is 2.67 bits per heavy atom. The fourth-order valence-electron chi connectivity index (χ4n) is 4.33. The number of aromatic nitrogens is 1. The molecule has 0 aliphatic carbocycles. The van der Waals surface area contributed by atoms with Crippen molar-refractivity contribution in [3.8, 4) is 5.75 Å². The molecule has 0 radical (unpaired) electrons. The average molecular weight is 449 g/mol. The summed E-state index contributed by atoms with van der Waals surface area (Å²) in [5.41, 5.74) is 4.30. The van der Waals surface area contributed by atoms with Crippen LogP contribution in [0.15, 0.2) is 54.6 Å². The summed E-state index contributed by atoms with van der Waals surface area (Å²) in [6.07, 6.45) is 0.394. The van der Waals surface area contributed by atoms with Crippen LogP contribution in [0, 0.1) is 6.92 Å². The van der Waals surface area contributed by atoms with E-state index in [9.17, 15) is 9.59 Å². The molecule has 4 N–H and O–H groups in total. The van der Waals surface area contributed by atoms with Gasteiger partial charge in [0.1, 0.15) is 11.9 Å². The van der Waals surface area contributed by atoms with Crippen LogP contribution in [0.2, 0.25) is 0 Å². The van der Waals surface area contributed by atoms with E-state index in [4.69, 9.17) is 9.94 Å². The van der Waals surface area contributed by atoms with Crippen LogP contribution in [-0.4, -0.2) is 40.6 Å². The van der Waals surface area contributed by atoms with Crippen molar-refractivity contribution in [2.45, 2.75) is 38.3 Å². The highest BCUT2D eigenvalue weighted by Crippen LogP contribution is 2.28. The van der Waals surface area contributed by atoms with Gasteiger partial charge >= 0.3 is 0 Å². The number of pyridine rings is 1. The van der Waals surface area contributed by atoms with E-state index in [1.165, 1.54) is 0 Å². The molecule has 4 rings (SSSR count). The lowest BCUT2D eigenvalue weighted by molar-refractivity contribution is -0.130. The van der Waals surface area contributed by atoms with Gasteiger partial charge in [-0.25, -0.2) is 5.48 Å². The molecule has 2 amide bonds. The summed E-state index contributed by atoms with van der Waals surface area (Å²) < 4.78 is 6.17.